The van der Waals surface area contributed by atoms with Crippen molar-refractivity contribution in [1.29, 1.82) is 0 Å². The van der Waals surface area contributed by atoms with E-state index in [1.165, 1.54) is 70.8 Å². The second-order valence-corrected chi connectivity index (χ2v) is 5.71. The van der Waals surface area contributed by atoms with Gasteiger partial charge in [0.05, 0.1) is 6.10 Å². The molecule has 0 heterocycles. The van der Waals surface area contributed by atoms with E-state index < -0.39 is 0 Å². The molecule has 0 aromatic heterocycles. The van der Waals surface area contributed by atoms with Crippen molar-refractivity contribution in [2.45, 2.75) is 90.2 Å². The van der Waals surface area contributed by atoms with Crippen LogP contribution in [0.5, 0.6) is 0 Å². The zero-order valence-corrected chi connectivity index (χ0v) is 12.5. The maximum absolute atomic E-state index is 5.99. The van der Waals surface area contributed by atoms with E-state index in [0.29, 0.717) is 6.10 Å². The minimum absolute atomic E-state index is 0.552. The monoisotopic (exact) mass is 255 g/mol. The average molecular weight is 255 g/mol. The van der Waals surface area contributed by atoms with Gasteiger partial charge in [0.1, 0.15) is 0 Å². The highest BCUT2D eigenvalue weighted by Gasteiger charge is 2.20. The Morgan fingerprint density at radius 3 is 2.28 bits per heavy atom. The Morgan fingerprint density at radius 1 is 0.889 bits per heavy atom. The van der Waals surface area contributed by atoms with Gasteiger partial charge in [-0.3, -0.25) is 0 Å². The molecule has 0 amide bonds. The molecule has 2 nitrogen and oxygen atoms in total. The van der Waals surface area contributed by atoms with Crippen molar-refractivity contribution >= 4 is 0 Å². The van der Waals surface area contributed by atoms with Crippen LogP contribution >= 0.6 is 0 Å². The Kier molecular flexibility index (Phi) is 9.59. The van der Waals surface area contributed by atoms with E-state index in [2.05, 4.69) is 19.2 Å². The van der Waals surface area contributed by atoms with Crippen LogP contribution < -0.4 is 5.32 Å². The maximum Gasteiger partial charge on any atom is 0.0576 e. The first-order valence-corrected chi connectivity index (χ1v) is 8.21. The third-order valence-electron chi connectivity index (χ3n) is 3.96. The topological polar surface area (TPSA) is 21.3 Å². The van der Waals surface area contributed by atoms with Gasteiger partial charge in [-0.1, -0.05) is 39.5 Å². The van der Waals surface area contributed by atoms with Crippen LogP contribution in [0, 0.1) is 0 Å². The van der Waals surface area contributed by atoms with E-state index in [1.54, 1.807) is 0 Å². The molecule has 108 valence electrons. The average Bonchev–Trinajstić information content (AvgIpc) is 2.42. The second-order valence-electron chi connectivity index (χ2n) is 5.71. The van der Waals surface area contributed by atoms with Crippen molar-refractivity contribution in [2.24, 2.45) is 0 Å². The molecule has 0 aliphatic heterocycles. The number of hydrogen-bond donors (Lipinski definition) is 1. The summed E-state index contributed by atoms with van der Waals surface area (Å²) in [7, 11) is 0. The van der Waals surface area contributed by atoms with Crippen LogP contribution in [-0.2, 0) is 4.74 Å². The van der Waals surface area contributed by atoms with Gasteiger partial charge in [-0.15, -0.1) is 0 Å². The highest BCUT2D eigenvalue weighted by Crippen LogP contribution is 2.21. The number of nitrogens with one attached hydrogen (secondary N) is 1. The van der Waals surface area contributed by atoms with Gasteiger partial charge in [0.25, 0.3) is 0 Å². The normalized spacial score (nSPS) is 24.3. The largest absolute Gasteiger partial charge is 0.378 e. The molecule has 0 aromatic rings. The summed E-state index contributed by atoms with van der Waals surface area (Å²) in [6.45, 7) is 6.66. The van der Waals surface area contributed by atoms with Crippen LogP contribution in [0.1, 0.15) is 78.1 Å². The predicted molar refractivity (Wildman–Crippen MR) is 79.0 cm³/mol. The molecule has 0 saturated heterocycles. The zero-order chi connectivity index (χ0) is 13.1. The summed E-state index contributed by atoms with van der Waals surface area (Å²) in [5.74, 6) is 0. The second kappa shape index (κ2) is 10.8. The first-order valence-electron chi connectivity index (χ1n) is 8.21. The van der Waals surface area contributed by atoms with Crippen LogP contribution in [0.15, 0.2) is 0 Å². The Labute approximate surface area is 114 Å². The molecule has 1 N–H and O–H groups in total. The molecule has 0 spiro atoms. The van der Waals surface area contributed by atoms with Crippen LogP contribution in [0.25, 0.3) is 0 Å². The van der Waals surface area contributed by atoms with Crippen molar-refractivity contribution in [3.05, 3.63) is 0 Å². The molecule has 1 rings (SSSR count). The fraction of sp³-hybridized carbons (Fsp3) is 1.00. The predicted octanol–water partition coefficient (Wildman–Crippen LogP) is 4.28. The van der Waals surface area contributed by atoms with Gasteiger partial charge < -0.3 is 10.1 Å². The van der Waals surface area contributed by atoms with Crippen molar-refractivity contribution < 1.29 is 4.74 Å². The fourth-order valence-electron chi connectivity index (χ4n) is 2.74. The van der Waals surface area contributed by atoms with Crippen molar-refractivity contribution in [2.75, 3.05) is 13.2 Å². The van der Waals surface area contributed by atoms with E-state index in [4.69, 9.17) is 4.74 Å². The summed E-state index contributed by atoms with van der Waals surface area (Å²) in [5.41, 5.74) is 0. The molecule has 0 aromatic carbocycles. The molecule has 0 radical (unpaired) electrons. The molecule has 1 aliphatic carbocycles. The smallest absolute Gasteiger partial charge is 0.0576 e. The minimum Gasteiger partial charge on any atom is -0.378 e. The Balaban J connectivity index is 1.92. The lowest BCUT2D eigenvalue weighted by Crippen LogP contribution is -2.35. The van der Waals surface area contributed by atoms with Gasteiger partial charge in [0.15, 0.2) is 0 Å². The first-order chi connectivity index (χ1) is 8.86. The molecular weight excluding hydrogens is 222 g/mol. The number of hydrogen-bond acceptors (Lipinski definition) is 2. The van der Waals surface area contributed by atoms with E-state index in [9.17, 15) is 0 Å². The summed E-state index contributed by atoms with van der Waals surface area (Å²) in [6.07, 6.45) is 13.6. The highest BCUT2D eigenvalue weighted by atomic mass is 16.5. The molecule has 1 saturated carbocycles. The molecule has 0 unspecified atom stereocenters. The first kappa shape index (κ1) is 16.0. The summed E-state index contributed by atoms with van der Waals surface area (Å²) in [4.78, 5) is 0. The third kappa shape index (κ3) is 7.38. The summed E-state index contributed by atoms with van der Waals surface area (Å²) in [5, 5.41) is 3.63. The lowest BCUT2D eigenvalue weighted by Gasteiger charge is -2.29. The Bertz CT molecular complexity index is 176. The fourth-order valence-corrected chi connectivity index (χ4v) is 2.74. The molecule has 1 aliphatic rings. The van der Waals surface area contributed by atoms with E-state index in [0.717, 1.165) is 12.6 Å². The van der Waals surface area contributed by atoms with Crippen molar-refractivity contribution in [3.8, 4) is 0 Å². The van der Waals surface area contributed by atoms with Gasteiger partial charge in [-0.25, -0.2) is 0 Å². The van der Waals surface area contributed by atoms with Crippen LogP contribution in [0.2, 0.25) is 0 Å². The van der Waals surface area contributed by atoms with Gasteiger partial charge >= 0.3 is 0 Å². The summed E-state index contributed by atoms with van der Waals surface area (Å²) in [6, 6.07) is 0.759. The van der Waals surface area contributed by atoms with Crippen LogP contribution in [-0.4, -0.2) is 25.3 Å². The van der Waals surface area contributed by atoms with Gasteiger partial charge in [0, 0.05) is 12.6 Å². The SMILES string of the molecule is CCCCCCCOC1CCC(NCCC)CC1. The molecule has 2 heteroatoms. The zero-order valence-electron chi connectivity index (χ0n) is 12.5. The highest BCUT2D eigenvalue weighted by molar-refractivity contribution is 4.77. The molecule has 18 heavy (non-hydrogen) atoms. The van der Waals surface area contributed by atoms with Crippen LogP contribution in [0.3, 0.4) is 0 Å². The van der Waals surface area contributed by atoms with Gasteiger partial charge in [-0.05, 0) is 45.1 Å². The Morgan fingerprint density at radius 2 is 1.61 bits per heavy atom. The number of rotatable bonds is 10. The quantitative estimate of drug-likeness (QED) is 0.588. The molecular formula is C16H33NO. The van der Waals surface area contributed by atoms with Gasteiger partial charge in [0.2, 0.25) is 0 Å². The standard InChI is InChI=1S/C16H33NO/c1-3-5-6-7-8-14-18-16-11-9-15(10-12-16)17-13-4-2/h15-17H,3-14H2,1-2H3. The summed E-state index contributed by atoms with van der Waals surface area (Å²) < 4.78 is 5.99. The lowest BCUT2D eigenvalue weighted by molar-refractivity contribution is 0.0205. The number of ether oxygens (including phenoxy) is 1. The maximum atomic E-state index is 5.99. The third-order valence-corrected chi connectivity index (χ3v) is 3.96. The summed E-state index contributed by atoms with van der Waals surface area (Å²) >= 11 is 0. The minimum atomic E-state index is 0.552. The number of unbranched alkanes of at least 4 members (excludes halogenated alkanes) is 4. The van der Waals surface area contributed by atoms with Crippen LogP contribution in [0.4, 0.5) is 0 Å². The molecule has 1 fully saturated rings. The molecule has 0 atom stereocenters. The van der Waals surface area contributed by atoms with E-state index in [1.807, 2.05) is 0 Å². The van der Waals surface area contributed by atoms with Crippen molar-refractivity contribution in [3.63, 3.8) is 0 Å². The lowest BCUT2D eigenvalue weighted by atomic mass is 9.93. The van der Waals surface area contributed by atoms with Gasteiger partial charge in [-0.2, -0.15) is 0 Å². The Hall–Kier alpha value is -0.0800. The molecule has 0 bridgehead atoms. The van der Waals surface area contributed by atoms with E-state index in [-0.39, 0.29) is 0 Å². The van der Waals surface area contributed by atoms with E-state index >= 15 is 0 Å². The van der Waals surface area contributed by atoms with Crippen molar-refractivity contribution in [1.82, 2.24) is 5.32 Å².